The van der Waals surface area contributed by atoms with E-state index in [4.69, 9.17) is 5.73 Å². The van der Waals surface area contributed by atoms with Gasteiger partial charge in [-0.3, -0.25) is 4.31 Å². The van der Waals surface area contributed by atoms with Gasteiger partial charge in [0.25, 0.3) is 0 Å². The van der Waals surface area contributed by atoms with Gasteiger partial charge in [0.15, 0.2) is 0 Å². The van der Waals surface area contributed by atoms with E-state index in [1.54, 1.807) is 25.1 Å². The molecule has 1 aliphatic heterocycles. The van der Waals surface area contributed by atoms with Crippen molar-refractivity contribution in [3.63, 3.8) is 0 Å². The third-order valence-corrected chi connectivity index (χ3v) is 4.18. The van der Waals surface area contributed by atoms with E-state index in [0.29, 0.717) is 17.8 Å². The van der Waals surface area contributed by atoms with Gasteiger partial charge < -0.3 is 10.5 Å². The van der Waals surface area contributed by atoms with Crippen molar-refractivity contribution in [2.45, 2.75) is 13.3 Å². The Morgan fingerprint density at radius 1 is 1.53 bits per heavy atom. The summed E-state index contributed by atoms with van der Waals surface area (Å²) in [7, 11) is -3.96. The summed E-state index contributed by atoms with van der Waals surface area (Å²) in [4.78, 5) is 11.2. The Morgan fingerprint density at radius 3 is 2.95 bits per heavy atom. The molecule has 7 nitrogen and oxygen atoms in total. The Balaban J connectivity index is 2.26. The van der Waals surface area contributed by atoms with Gasteiger partial charge >= 0.3 is 16.3 Å². The van der Waals surface area contributed by atoms with E-state index < -0.39 is 16.3 Å². The molecule has 0 saturated carbocycles. The lowest BCUT2D eigenvalue weighted by molar-refractivity contribution is 0.158. The van der Waals surface area contributed by atoms with Crippen LogP contribution in [0.1, 0.15) is 12.5 Å². The number of ether oxygens (including phenoxy) is 1. The van der Waals surface area contributed by atoms with Crippen LogP contribution < -0.4 is 14.8 Å². The number of nitrogens with zero attached hydrogens (tertiary/aromatic N) is 1. The summed E-state index contributed by atoms with van der Waals surface area (Å²) in [6.45, 7) is 1.95. The Labute approximate surface area is 111 Å². The zero-order valence-electron chi connectivity index (χ0n) is 10.4. The third-order valence-electron chi connectivity index (χ3n) is 2.80. The van der Waals surface area contributed by atoms with Crippen LogP contribution in [0.25, 0.3) is 0 Å². The number of rotatable bonds is 3. The summed E-state index contributed by atoms with van der Waals surface area (Å²) in [6, 6.07) is 5.04. The van der Waals surface area contributed by atoms with Crippen LogP contribution in [0.4, 0.5) is 16.2 Å². The second kappa shape index (κ2) is 4.96. The highest BCUT2D eigenvalue weighted by Crippen LogP contribution is 2.33. The van der Waals surface area contributed by atoms with Crippen molar-refractivity contribution in [1.82, 2.24) is 4.72 Å². The maximum absolute atomic E-state index is 12.1. The van der Waals surface area contributed by atoms with E-state index in [1.807, 2.05) is 4.72 Å². The molecule has 0 aromatic heterocycles. The predicted octanol–water partition coefficient (Wildman–Crippen LogP) is 0.622. The standard InChI is InChI=1S/C11H15N3O4S/c1-2-18-11(15)13-19(16,17)14-7-6-8-9(12)4-3-5-10(8)14/h3-5H,2,6-7,12H2,1H3,(H,13,15). The summed E-state index contributed by atoms with van der Waals surface area (Å²) in [5.41, 5.74) is 7.61. The Kier molecular flexibility index (Phi) is 3.52. The highest BCUT2D eigenvalue weighted by atomic mass is 32.2. The Hall–Kier alpha value is -1.96. The molecule has 0 unspecified atom stereocenters. The number of carbonyl (C=O) groups is 1. The topological polar surface area (TPSA) is 102 Å². The number of hydrogen-bond acceptors (Lipinski definition) is 5. The third kappa shape index (κ3) is 2.58. The molecular formula is C11H15N3O4S. The summed E-state index contributed by atoms with van der Waals surface area (Å²) in [6.07, 6.45) is -0.467. The fourth-order valence-corrected chi connectivity index (χ4v) is 3.14. The monoisotopic (exact) mass is 285 g/mol. The van der Waals surface area contributed by atoms with Crippen molar-refractivity contribution in [1.29, 1.82) is 0 Å². The molecule has 19 heavy (non-hydrogen) atoms. The zero-order valence-corrected chi connectivity index (χ0v) is 11.2. The maximum atomic E-state index is 12.1. The Morgan fingerprint density at radius 2 is 2.26 bits per heavy atom. The van der Waals surface area contributed by atoms with Crippen molar-refractivity contribution < 1.29 is 17.9 Å². The van der Waals surface area contributed by atoms with Gasteiger partial charge in [0.05, 0.1) is 12.3 Å². The minimum atomic E-state index is -3.96. The molecule has 8 heteroatoms. The fraction of sp³-hybridized carbons (Fsp3) is 0.364. The normalized spacial score (nSPS) is 14.1. The quantitative estimate of drug-likeness (QED) is 0.793. The SMILES string of the molecule is CCOC(=O)NS(=O)(=O)N1CCc2c(N)cccc21. The molecular weight excluding hydrogens is 270 g/mol. The lowest BCUT2D eigenvalue weighted by atomic mass is 10.1. The first-order valence-corrected chi connectivity index (χ1v) is 7.24. The number of nitrogens with two attached hydrogens (primary N) is 1. The first-order valence-electron chi connectivity index (χ1n) is 5.80. The summed E-state index contributed by atoms with van der Waals surface area (Å²) in [5, 5.41) is 0. The van der Waals surface area contributed by atoms with Gasteiger partial charge in [0, 0.05) is 17.8 Å². The highest BCUT2D eigenvalue weighted by Gasteiger charge is 2.31. The minimum absolute atomic E-state index is 0.102. The molecule has 0 bridgehead atoms. The lowest BCUT2D eigenvalue weighted by Gasteiger charge is -2.19. The van der Waals surface area contributed by atoms with Crippen LogP contribution in [0.5, 0.6) is 0 Å². The molecule has 0 saturated heterocycles. The number of nitrogen functional groups attached to an aromatic ring is 1. The van der Waals surface area contributed by atoms with Gasteiger partial charge in [0.2, 0.25) is 0 Å². The number of carbonyl (C=O) groups excluding carboxylic acids is 1. The van der Waals surface area contributed by atoms with Crippen molar-refractivity contribution in [3.05, 3.63) is 23.8 Å². The number of anilines is 2. The molecule has 104 valence electrons. The summed E-state index contributed by atoms with van der Waals surface area (Å²) in [5.74, 6) is 0. The molecule has 0 atom stereocenters. The van der Waals surface area contributed by atoms with Crippen LogP contribution in [-0.2, 0) is 21.4 Å². The van der Waals surface area contributed by atoms with Crippen LogP contribution in [-0.4, -0.2) is 27.7 Å². The average Bonchev–Trinajstić information content (AvgIpc) is 2.74. The van der Waals surface area contributed by atoms with Gasteiger partial charge in [-0.15, -0.1) is 0 Å². The van der Waals surface area contributed by atoms with E-state index in [1.165, 1.54) is 0 Å². The molecule has 2 rings (SSSR count). The van der Waals surface area contributed by atoms with E-state index in [0.717, 1.165) is 9.87 Å². The zero-order chi connectivity index (χ0) is 14.0. The number of amides is 1. The number of hydrogen-bond donors (Lipinski definition) is 2. The van der Waals surface area contributed by atoms with Crippen LogP contribution >= 0.6 is 0 Å². The van der Waals surface area contributed by atoms with E-state index in [-0.39, 0.29) is 13.2 Å². The highest BCUT2D eigenvalue weighted by molar-refractivity contribution is 7.91. The molecule has 0 fully saturated rings. The second-order valence-corrected chi connectivity index (χ2v) is 5.59. The van der Waals surface area contributed by atoms with Crippen LogP contribution in [0.2, 0.25) is 0 Å². The van der Waals surface area contributed by atoms with Crippen LogP contribution in [0, 0.1) is 0 Å². The number of benzene rings is 1. The van der Waals surface area contributed by atoms with Gasteiger partial charge in [-0.1, -0.05) is 6.07 Å². The van der Waals surface area contributed by atoms with Crippen molar-refractivity contribution in [2.24, 2.45) is 0 Å². The van der Waals surface area contributed by atoms with Crippen LogP contribution in [0.3, 0.4) is 0 Å². The molecule has 1 aromatic rings. The molecule has 0 radical (unpaired) electrons. The van der Waals surface area contributed by atoms with E-state index in [9.17, 15) is 13.2 Å². The Bertz CT molecular complexity index is 600. The van der Waals surface area contributed by atoms with E-state index in [2.05, 4.69) is 4.74 Å². The van der Waals surface area contributed by atoms with Gasteiger partial charge in [0.1, 0.15) is 0 Å². The lowest BCUT2D eigenvalue weighted by Crippen LogP contribution is -2.43. The molecule has 1 aromatic carbocycles. The molecule has 3 N–H and O–H groups in total. The van der Waals surface area contributed by atoms with Crippen LogP contribution in [0.15, 0.2) is 18.2 Å². The molecule has 1 amide bonds. The summed E-state index contributed by atoms with van der Waals surface area (Å²) < 4.78 is 31.7. The van der Waals surface area contributed by atoms with Gasteiger partial charge in [-0.05, 0) is 25.5 Å². The van der Waals surface area contributed by atoms with Crippen molar-refractivity contribution in [3.8, 4) is 0 Å². The van der Waals surface area contributed by atoms with Gasteiger partial charge in [-0.2, -0.15) is 8.42 Å². The molecule has 0 spiro atoms. The maximum Gasteiger partial charge on any atom is 0.422 e. The fourth-order valence-electron chi connectivity index (χ4n) is 2.00. The number of nitrogens with one attached hydrogen (secondary N) is 1. The molecule has 1 aliphatic rings. The molecule has 0 aliphatic carbocycles. The van der Waals surface area contributed by atoms with Crippen molar-refractivity contribution >= 4 is 27.7 Å². The van der Waals surface area contributed by atoms with Gasteiger partial charge in [-0.25, -0.2) is 9.52 Å². The second-order valence-electron chi connectivity index (χ2n) is 3.99. The first-order chi connectivity index (χ1) is 8.95. The smallest absolute Gasteiger partial charge is 0.422 e. The average molecular weight is 285 g/mol. The predicted molar refractivity (Wildman–Crippen MR) is 71.0 cm³/mol. The van der Waals surface area contributed by atoms with E-state index >= 15 is 0 Å². The summed E-state index contributed by atoms with van der Waals surface area (Å²) >= 11 is 0. The largest absolute Gasteiger partial charge is 0.449 e. The van der Waals surface area contributed by atoms with Crippen molar-refractivity contribution in [2.75, 3.05) is 23.2 Å². The minimum Gasteiger partial charge on any atom is -0.449 e. The first kappa shape index (κ1) is 13.5. The number of fused-ring (bicyclic) bond motifs is 1. The molecule has 1 heterocycles.